The van der Waals surface area contributed by atoms with Crippen LogP contribution in [0.3, 0.4) is 0 Å². The summed E-state index contributed by atoms with van der Waals surface area (Å²) in [5.41, 5.74) is 5.24. The summed E-state index contributed by atoms with van der Waals surface area (Å²) in [4.78, 5) is 23.3. The summed E-state index contributed by atoms with van der Waals surface area (Å²) < 4.78 is 3.80. The third-order valence-electron chi connectivity index (χ3n) is 11.4. The molecule has 0 aliphatic rings. The van der Waals surface area contributed by atoms with Crippen LogP contribution < -0.4 is 0 Å². The molecule has 4 nitrogen and oxygen atoms in total. The van der Waals surface area contributed by atoms with Gasteiger partial charge in [0.1, 0.15) is 12.1 Å². The Kier molecular flexibility index (Phi) is 13.6. The number of carbonyl (C=O) groups is 1. The van der Waals surface area contributed by atoms with Crippen molar-refractivity contribution in [1.29, 1.82) is 0 Å². The number of ketones is 1. The summed E-state index contributed by atoms with van der Waals surface area (Å²) in [6, 6.07) is 19.2. The van der Waals surface area contributed by atoms with Crippen LogP contribution in [-0.4, -0.2) is 20.9 Å². The number of aromatic nitrogens is 2. The molecule has 0 saturated heterocycles. The number of rotatable bonds is 10. The Labute approximate surface area is 338 Å². The first kappa shape index (κ1) is 42.8. The van der Waals surface area contributed by atoms with E-state index in [1.54, 1.807) is 6.33 Å². The molecule has 285 valence electrons. The number of hydrogen-bond acceptors (Lipinski definition) is 6. The van der Waals surface area contributed by atoms with E-state index >= 15 is 0 Å². The van der Waals surface area contributed by atoms with Gasteiger partial charge in [0, 0.05) is 67.1 Å². The zero-order chi connectivity index (χ0) is 38.2. The van der Waals surface area contributed by atoms with Gasteiger partial charge in [-0.05, 0) is 73.4 Å². The van der Waals surface area contributed by atoms with Crippen LogP contribution in [0.1, 0.15) is 118 Å². The number of nitrogens with zero attached hydrogens (tertiary/aromatic N) is 2. The second-order valence-electron chi connectivity index (χ2n) is 16.4. The predicted octanol–water partition coefficient (Wildman–Crippen LogP) is 14.1. The van der Waals surface area contributed by atoms with Crippen molar-refractivity contribution in [3.05, 3.63) is 82.7 Å². The van der Waals surface area contributed by atoms with Crippen LogP contribution in [0, 0.1) is 29.7 Å². The summed E-state index contributed by atoms with van der Waals surface area (Å²) in [7, 11) is 0. The minimum Gasteiger partial charge on any atom is -0.512 e. The molecule has 3 heterocycles. The normalized spacial score (nSPS) is 12.8. The SMILES string of the molecule is CCC(C)(CC)C(=O)/C=C(\O)C(C)(CC)CC.Cc1c(CC(C)C)sc2cc3sc4c(-c5[c-]c6ccccc6c(C(C)(C)C)c5)ncnc4c3cc12.[Ir]. The van der Waals surface area contributed by atoms with Gasteiger partial charge in [0.05, 0.1) is 5.52 Å². The predicted molar refractivity (Wildman–Crippen MR) is 227 cm³/mol. The van der Waals surface area contributed by atoms with E-state index in [9.17, 15) is 9.90 Å². The summed E-state index contributed by atoms with van der Waals surface area (Å²) in [5, 5.41) is 15.1. The molecule has 1 radical (unpaired) electrons. The average molecular weight is 926 g/mol. The quantitative estimate of drug-likeness (QED) is 0.0845. The monoisotopic (exact) mass is 926 g/mol. The van der Waals surface area contributed by atoms with Crippen molar-refractivity contribution in [1.82, 2.24) is 9.97 Å². The van der Waals surface area contributed by atoms with Crippen LogP contribution in [0.15, 0.2) is 60.6 Å². The smallest absolute Gasteiger partial charge is 0.164 e. The van der Waals surface area contributed by atoms with Gasteiger partial charge in [0.15, 0.2) is 5.78 Å². The third-order valence-corrected chi connectivity index (χ3v) is 13.9. The fraction of sp³-hybridized carbons (Fsp3) is 0.457. The molecule has 6 aromatic rings. The fourth-order valence-corrected chi connectivity index (χ4v) is 9.46. The van der Waals surface area contributed by atoms with Crippen molar-refractivity contribution in [2.75, 3.05) is 0 Å². The molecule has 0 spiro atoms. The van der Waals surface area contributed by atoms with E-state index in [2.05, 4.69) is 90.1 Å². The fourth-order valence-electron chi connectivity index (χ4n) is 6.76. The molecule has 0 aliphatic carbocycles. The van der Waals surface area contributed by atoms with Crippen LogP contribution in [0.25, 0.3) is 52.4 Å². The second kappa shape index (κ2) is 16.8. The first-order chi connectivity index (χ1) is 24.5. The maximum Gasteiger partial charge on any atom is 0.164 e. The topological polar surface area (TPSA) is 63.1 Å². The first-order valence-corrected chi connectivity index (χ1v) is 20.6. The molecule has 0 amide bonds. The summed E-state index contributed by atoms with van der Waals surface area (Å²) in [6.07, 6.45) is 7.61. The number of allylic oxidation sites excluding steroid dienone is 2. The number of benzene rings is 3. The van der Waals surface area contributed by atoms with Gasteiger partial charge in [-0.1, -0.05) is 105 Å². The minimum atomic E-state index is -0.337. The molecular formula is C46H57IrN2O2S2-. The van der Waals surface area contributed by atoms with Gasteiger partial charge in [-0.3, -0.25) is 9.78 Å². The summed E-state index contributed by atoms with van der Waals surface area (Å²) >= 11 is 3.76. The first-order valence-electron chi connectivity index (χ1n) is 19.0. The van der Waals surface area contributed by atoms with Crippen LogP contribution in [0.2, 0.25) is 0 Å². The molecule has 0 unspecified atom stereocenters. The number of hydrogen-bond donors (Lipinski definition) is 1. The number of aryl methyl sites for hydroxylation is 1. The molecule has 3 aromatic carbocycles. The Bertz CT molecular complexity index is 2260. The Morgan fingerprint density at radius 3 is 2.08 bits per heavy atom. The van der Waals surface area contributed by atoms with Crippen LogP contribution >= 0.6 is 22.7 Å². The zero-order valence-electron chi connectivity index (χ0n) is 33.7. The van der Waals surface area contributed by atoms with Gasteiger partial charge in [-0.25, -0.2) is 4.98 Å². The van der Waals surface area contributed by atoms with E-state index < -0.39 is 0 Å². The van der Waals surface area contributed by atoms with Crippen molar-refractivity contribution in [3.8, 4) is 11.3 Å². The molecule has 6 rings (SSSR count). The van der Waals surface area contributed by atoms with Crippen LogP contribution in [0.4, 0.5) is 0 Å². The molecule has 7 heteroatoms. The average Bonchev–Trinajstić information content (AvgIpc) is 3.64. The van der Waals surface area contributed by atoms with E-state index in [0.29, 0.717) is 5.92 Å². The number of aliphatic hydroxyl groups excluding tert-OH is 1. The van der Waals surface area contributed by atoms with Gasteiger partial charge >= 0.3 is 0 Å². The van der Waals surface area contributed by atoms with E-state index in [1.807, 2.05) is 64.2 Å². The third kappa shape index (κ3) is 8.64. The summed E-state index contributed by atoms with van der Waals surface area (Å²) in [5.74, 6) is 0.948. The Hall–Kier alpha value is -2.96. The second-order valence-corrected chi connectivity index (χ2v) is 18.6. The van der Waals surface area contributed by atoms with Gasteiger partial charge < -0.3 is 5.11 Å². The van der Waals surface area contributed by atoms with Crippen molar-refractivity contribution in [2.45, 2.75) is 121 Å². The van der Waals surface area contributed by atoms with E-state index in [-0.39, 0.29) is 47.9 Å². The molecule has 53 heavy (non-hydrogen) atoms. The van der Waals surface area contributed by atoms with Gasteiger partial charge in [-0.2, -0.15) is 0 Å². The maximum absolute atomic E-state index is 12.2. The van der Waals surface area contributed by atoms with E-state index in [1.165, 1.54) is 47.6 Å². The van der Waals surface area contributed by atoms with Gasteiger partial charge in [-0.15, -0.1) is 51.8 Å². The molecular weight excluding hydrogens is 869 g/mol. The number of thiophene rings is 2. The van der Waals surface area contributed by atoms with Crippen molar-refractivity contribution >= 4 is 69.6 Å². The maximum atomic E-state index is 12.2. The Balaban J connectivity index is 0.000000299. The molecule has 0 fully saturated rings. The summed E-state index contributed by atoms with van der Waals surface area (Å²) in [6.45, 7) is 25.8. The Morgan fingerprint density at radius 1 is 0.849 bits per heavy atom. The van der Waals surface area contributed by atoms with Gasteiger partial charge in [0.2, 0.25) is 0 Å². The number of fused-ring (bicyclic) bond motifs is 5. The molecule has 0 aliphatic heterocycles. The van der Waals surface area contributed by atoms with Crippen LogP contribution in [0.5, 0.6) is 0 Å². The zero-order valence-corrected chi connectivity index (χ0v) is 37.7. The molecule has 0 saturated carbocycles. The largest absolute Gasteiger partial charge is 0.512 e. The Morgan fingerprint density at radius 2 is 1.47 bits per heavy atom. The van der Waals surface area contributed by atoms with Crippen molar-refractivity contribution in [2.24, 2.45) is 16.7 Å². The van der Waals surface area contributed by atoms with Gasteiger partial charge in [0.25, 0.3) is 0 Å². The molecule has 1 N–H and O–H groups in total. The molecule has 0 bridgehead atoms. The van der Waals surface area contributed by atoms with Crippen molar-refractivity contribution < 1.29 is 30.0 Å². The standard InChI is InChI=1S/C31H29N2S2.C15H28O2.Ir/c1-17(2)11-25-18(3)22-14-23-27(15-26(22)34-25)35-30-28(32-16-33-29(23)30)20-12-19-9-7-8-10-21(19)24(13-20)31(4,5)6;1-7-14(5,8-2)12(16)11-13(17)15(6,9-3)10-4;/h7-10,13-17H,11H2,1-6H3;11,16H,7-10H2,1-6H3;/q-1;;/b;12-11-;. The number of aliphatic hydroxyl groups is 1. The molecule has 0 atom stereocenters. The molecule has 3 aromatic heterocycles. The van der Waals surface area contributed by atoms with E-state index in [4.69, 9.17) is 9.97 Å². The van der Waals surface area contributed by atoms with Crippen LogP contribution in [-0.2, 0) is 36.7 Å². The van der Waals surface area contributed by atoms with Crippen molar-refractivity contribution in [3.63, 3.8) is 0 Å². The van der Waals surface area contributed by atoms with E-state index in [0.717, 1.165) is 59.0 Å². The number of carbonyl (C=O) groups excluding carboxylic acids is 1. The minimum absolute atomic E-state index is 0.